The Balaban J connectivity index is 1.88. The summed E-state index contributed by atoms with van der Waals surface area (Å²) in [5.74, 6) is -0.338. The van der Waals surface area contributed by atoms with Gasteiger partial charge in [0, 0.05) is 12.5 Å². The summed E-state index contributed by atoms with van der Waals surface area (Å²) in [6, 6.07) is 0.808. The first kappa shape index (κ1) is 8.53. The Bertz CT molecular complexity index is 240. The summed E-state index contributed by atoms with van der Waals surface area (Å²) < 4.78 is 0. The van der Waals surface area contributed by atoms with E-state index in [-0.39, 0.29) is 0 Å². The molecule has 0 bridgehead atoms. The number of hydrogen-bond donors (Lipinski definition) is 2. The second-order valence-corrected chi connectivity index (χ2v) is 3.90. The molecule has 3 atom stereocenters. The van der Waals surface area contributed by atoms with Crippen molar-refractivity contribution in [3.8, 4) is 0 Å². The van der Waals surface area contributed by atoms with E-state index in [0.29, 0.717) is 24.4 Å². The Morgan fingerprint density at radius 1 is 1.62 bits per heavy atom. The molecule has 0 saturated heterocycles. The molecule has 2 N–H and O–H groups in total. The highest BCUT2D eigenvalue weighted by Crippen LogP contribution is 2.30. The predicted octanol–water partition coefficient (Wildman–Crippen LogP) is 0.630. The molecule has 13 heavy (non-hydrogen) atoms. The zero-order chi connectivity index (χ0) is 9.26. The number of aliphatic imine (C=N–C) groups is 1. The monoisotopic (exact) mass is 182 g/mol. The van der Waals surface area contributed by atoms with Crippen molar-refractivity contribution in [3.05, 3.63) is 0 Å². The number of nitrogens with zero attached hydrogens (tertiary/aromatic N) is 1. The third-order valence-corrected chi connectivity index (χ3v) is 2.94. The molecule has 4 heteroatoms. The molecule has 0 aromatic heterocycles. The maximum atomic E-state index is 10.5. The van der Waals surface area contributed by atoms with Crippen LogP contribution in [0.2, 0.25) is 0 Å². The van der Waals surface area contributed by atoms with Gasteiger partial charge in [-0.1, -0.05) is 0 Å². The zero-order valence-corrected chi connectivity index (χ0v) is 7.44. The van der Waals surface area contributed by atoms with Crippen LogP contribution in [-0.4, -0.2) is 29.5 Å². The van der Waals surface area contributed by atoms with Crippen molar-refractivity contribution in [1.29, 1.82) is 0 Å². The fourth-order valence-electron chi connectivity index (χ4n) is 2.27. The van der Waals surface area contributed by atoms with Gasteiger partial charge in [-0.25, -0.2) is 0 Å². The van der Waals surface area contributed by atoms with E-state index in [1.54, 1.807) is 6.34 Å². The number of fused-ring (bicyclic) bond motifs is 1. The van der Waals surface area contributed by atoms with Gasteiger partial charge in [-0.2, -0.15) is 0 Å². The molecule has 3 unspecified atom stereocenters. The van der Waals surface area contributed by atoms with Gasteiger partial charge < -0.3 is 10.4 Å². The van der Waals surface area contributed by atoms with Crippen LogP contribution in [0.3, 0.4) is 0 Å². The van der Waals surface area contributed by atoms with Crippen LogP contribution in [0.5, 0.6) is 0 Å². The van der Waals surface area contributed by atoms with E-state index in [1.165, 1.54) is 0 Å². The topological polar surface area (TPSA) is 61.7 Å². The van der Waals surface area contributed by atoms with Crippen LogP contribution in [0.15, 0.2) is 4.99 Å². The molecule has 0 aromatic carbocycles. The molecule has 0 amide bonds. The molecule has 1 fully saturated rings. The van der Waals surface area contributed by atoms with Gasteiger partial charge in [0.05, 0.1) is 12.4 Å². The summed E-state index contributed by atoms with van der Waals surface area (Å²) >= 11 is 0. The molecule has 0 aromatic rings. The molecule has 0 radical (unpaired) electrons. The highest BCUT2D eigenvalue weighted by molar-refractivity contribution is 5.67. The fourth-order valence-corrected chi connectivity index (χ4v) is 2.27. The highest BCUT2D eigenvalue weighted by atomic mass is 16.4. The fraction of sp³-hybridized carbons (Fsp3) is 0.778. The molecular weight excluding hydrogens is 168 g/mol. The first-order chi connectivity index (χ1) is 6.25. The number of rotatable bonds is 2. The average molecular weight is 182 g/mol. The lowest BCUT2D eigenvalue weighted by atomic mass is 9.81. The van der Waals surface area contributed by atoms with Gasteiger partial charge in [0.2, 0.25) is 0 Å². The molecular formula is C9H14N2O2. The minimum absolute atomic E-state index is 0.310. The summed E-state index contributed by atoms with van der Waals surface area (Å²) in [7, 11) is 0. The minimum Gasteiger partial charge on any atom is -0.481 e. The minimum atomic E-state index is -0.678. The average Bonchev–Trinajstić information content (AvgIpc) is 2.49. The molecule has 0 spiro atoms. The van der Waals surface area contributed by atoms with Crippen molar-refractivity contribution >= 4 is 12.3 Å². The summed E-state index contributed by atoms with van der Waals surface area (Å²) in [6.45, 7) is 0. The Labute approximate surface area is 77.0 Å². The molecule has 2 rings (SSSR count). The largest absolute Gasteiger partial charge is 0.481 e. The van der Waals surface area contributed by atoms with Crippen LogP contribution >= 0.6 is 0 Å². The predicted molar refractivity (Wildman–Crippen MR) is 48.8 cm³/mol. The van der Waals surface area contributed by atoms with Crippen molar-refractivity contribution < 1.29 is 9.90 Å². The van der Waals surface area contributed by atoms with E-state index < -0.39 is 5.97 Å². The van der Waals surface area contributed by atoms with E-state index in [2.05, 4.69) is 10.3 Å². The van der Waals surface area contributed by atoms with E-state index >= 15 is 0 Å². The van der Waals surface area contributed by atoms with Crippen LogP contribution in [0.1, 0.15) is 25.7 Å². The second-order valence-electron chi connectivity index (χ2n) is 3.90. The molecule has 1 aliphatic carbocycles. The lowest BCUT2D eigenvalue weighted by Gasteiger charge is -2.29. The Morgan fingerprint density at radius 3 is 3.23 bits per heavy atom. The third-order valence-electron chi connectivity index (χ3n) is 2.94. The quantitative estimate of drug-likeness (QED) is 0.658. The van der Waals surface area contributed by atoms with Crippen LogP contribution in [0.4, 0.5) is 0 Å². The third kappa shape index (κ3) is 1.82. The summed E-state index contributed by atoms with van der Waals surface area (Å²) in [4.78, 5) is 14.8. The highest BCUT2D eigenvalue weighted by Gasteiger charge is 2.32. The normalized spacial score (nSPS) is 36.8. The Morgan fingerprint density at radius 2 is 2.46 bits per heavy atom. The first-order valence-electron chi connectivity index (χ1n) is 4.75. The smallest absolute Gasteiger partial charge is 0.303 e. The van der Waals surface area contributed by atoms with Gasteiger partial charge >= 0.3 is 5.97 Å². The van der Waals surface area contributed by atoms with Crippen molar-refractivity contribution in [2.45, 2.75) is 37.8 Å². The first-order valence-corrected chi connectivity index (χ1v) is 4.75. The number of aliphatic carboxylic acids is 1. The molecule has 1 saturated carbocycles. The van der Waals surface area contributed by atoms with Gasteiger partial charge in [0.25, 0.3) is 0 Å². The van der Waals surface area contributed by atoms with Crippen molar-refractivity contribution in [1.82, 2.24) is 5.32 Å². The maximum absolute atomic E-state index is 10.5. The molecule has 1 aliphatic heterocycles. The lowest BCUT2D eigenvalue weighted by molar-refractivity contribution is -0.138. The lowest BCUT2D eigenvalue weighted by Crippen LogP contribution is -2.38. The van der Waals surface area contributed by atoms with Crippen molar-refractivity contribution in [2.24, 2.45) is 10.9 Å². The van der Waals surface area contributed by atoms with Crippen LogP contribution < -0.4 is 5.32 Å². The molecule has 1 heterocycles. The van der Waals surface area contributed by atoms with E-state index in [4.69, 9.17) is 5.11 Å². The summed E-state index contributed by atoms with van der Waals surface area (Å²) in [5.41, 5.74) is 0. The Hall–Kier alpha value is -1.06. The van der Waals surface area contributed by atoms with E-state index in [1.807, 2.05) is 0 Å². The standard InChI is InChI=1S/C9H14N2O2/c12-9(13)4-6-1-2-7-8(3-6)11-5-10-7/h5-8H,1-4H2,(H,10,11)(H,12,13). The summed E-state index contributed by atoms with van der Waals surface area (Å²) in [6.07, 6.45) is 5.07. The van der Waals surface area contributed by atoms with Gasteiger partial charge in [0.15, 0.2) is 0 Å². The number of hydrogen-bond acceptors (Lipinski definition) is 3. The zero-order valence-electron chi connectivity index (χ0n) is 7.44. The number of carbonyl (C=O) groups is 1. The van der Waals surface area contributed by atoms with Gasteiger partial charge in [-0.15, -0.1) is 0 Å². The molecule has 4 nitrogen and oxygen atoms in total. The number of carboxylic acid groups (broad SMARTS) is 1. The van der Waals surface area contributed by atoms with Crippen LogP contribution in [0, 0.1) is 5.92 Å². The molecule has 72 valence electrons. The Kier molecular flexibility index (Phi) is 2.20. The van der Waals surface area contributed by atoms with Crippen LogP contribution in [0.25, 0.3) is 0 Å². The van der Waals surface area contributed by atoms with Crippen molar-refractivity contribution in [3.63, 3.8) is 0 Å². The maximum Gasteiger partial charge on any atom is 0.303 e. The van der Waals surface area contributed by atoms with Crippen LogP contribution in [-0.2, 0) is 4.79 Å². The second kappa shape index (κ2) is 3.36. The SMILES string of the molecule is O=C(O)CC1CCC2N=CNC2C1. The van der Waals surface area contributed by atoms with Gasteiger partial charge in [0.1, 0.15) is 0 Å². The van der Waals surface area contributed by atoms with Gasteiger partial charge in [-0.3, -0.25) is 9.79 Å². The van der Waals surface area contributed by atoms with E-state index in [0.717, 1.165) is 19.3 Å². The number of carboxylic acids is 1. The molecule has 2 aliphatic rings. The van der Waals surface area contributed by atoms with Crippen molar-refractivity contribution in [2.75, 3.05) is 0 Å². The number of nitrogens with one attached hydrogen (secondary N) is 1. The summed E-state index contributed by atoms with van der Waals surface area (Å²) in [5, 5.41) is 11.8. The van der Waals surface area contributed by atoms with E-state index in [9.17, 15) is 4.79 Å². The van der Waals surface area contributed by atoms with Gasteiger partial charge in [-0.05, 0) is 25.2 Å².